The van der Waals surface area contributed by atoms with Crippen LogP contribution in [0.4, 0.5) is 4.39 Å². The average molecular weight is 460 g/mol. The van der Waals surface area contributed by atoms with Crippen LogP contribution in [0.15, 0.2) is 30.1 Å². The molecule has 0 radical (unpaired) electrons. The Hall–Kier alpha value is -2.65. The molecular weight excluding hydrogens is 425 g/mol. The Labute approximate surface area is 193 Å². The van der Waals surface area contributed by atoms with Crippen molar-refractivity contribution in [3.05, 3.63) is 41.5 Å². The van der Waals surface area contributed by atoms with Crippen LogP contribution in [-0.4, -0.2) is 37.6 Å². The first-order valence-electron chi connectivity index (χ1n) is 11.9. The molecule has 33 heavy (non-hydrogen) atoms. The molecule has 0 spiro atoms. The number of nitrogens with two attached hydrogens (primary N) is 1. The molecule has 9 heteroatoms. The lowest BCUT2D eigenvalue weighted by Gasteiger charge is -2.22. The number of carbonyl (C=O) groups is 2. The highest BCUT2D eigenvalue weighted by Gasteiger charge is 2.44. The molecular formula is C24H34FN5O3. The molecule has 3 fully saturated rings. The van der Waals surface area contributed by atoms with E-state index in [0.29, 0.717) is 37.7 Å². The first-order valence-corrected chi connectivity index (χ1v) is 11.9. The number of allylic oxidation sites excluding steroid dienone is 1. The van der Waals surface area contributed by atoms with Crippen LogP contribution in [0.1, 0.15) is 56.9 Å². The van der Waals surface area contributed by atoms with Crippen molar-refractivity contribution >= 4 is 11.8 Å². The molecule has 0 bridgehead atoms. The van der Waals surface area contributed by atoms with Gasteiger partial charge in [-0.05, 0) is 75.1 Å². The van der Waals surface area contributed by atoms with Gasteiger partial charge in [0, 0.05) is 30.3 Å². The van der Waals surface area contributed by atoms with E-state index in [0.717, 1.165) is 43.5 Å². The maximum Gasteiger partial charge on any atom is 0.243 e. The second-order valence-electron chi connectivity index (χ2n) is 9.43. The van der Waals surface area contributed by atoms with E-state index in [4.69, 9.17) is 10.6 Å². The number of amides is 2. The summed E-state index contributed by atoms with van der Waals surface area (Å²) in [5.74, 6) is 5.68. The number of rotatable bonds is 13. The van der Waals surface area contributed by atoms with Gasteiger partial charge in [0.1, 0.15) is 0 Å². The van der Waals surface area contributed by atoms with Gasteiger partial charge in [0.05, 0.1) is 12.6 Å². The second-order valence-corrected chi connectivity index (χ2v) is 9.43. The van der Waals surface area contributed by atoms with Crippen molar-refractivity contribution in [2.24, 2.45) is 11.8 Å². The second kappa shape index (κ2) is 10.5. The maximum absolute atomic E-state index is 14.2. The minimum absolute atomic E-state index is 0.0238. The van der Waals surface area contributed by atoms with Crippen molar-refractivity contribution in [1.29, 1.82) is 0 Å². The minimum atomic E-state index is -0.319. The van der Waals surface area contributed by atoms with Gasteiger partial charge in [-0.15, -0.1) is 0 Å². The Kier molecular flexibility index (Phi) is 7.49. The molecule has 4 rings (SSSR count). The predicted molar refractivity (Wildman–Crippen MR) is 122 cm³/mol. The van der Waals surface area contributed by atoms with Gasteiger partial charge < -0.3 is 20.8 Å². The van der Waals surface area contributed by atoms with E-state index in [9.17, 15) is 14.0 Å². The zero-order valence-corrected chi connectivity index (χ0v) is 18.9. The van der Waals surface area contributed by atoms with E-state index in [1.54, 1.807) is 6.20 Å². The zero-order valence-electron chi connectivity index (χ0n) is 18.9. The molecule has 180 valence electrons. The maximum atomic E-state index is 14.2. The lowest BCUT2D eigenvalue weighted by atomic mass is 9.95. The summed E-state index contributed by atoms with van der Waals surface area (Å²) >= 11 is 0. The van der Waals surface area contributed by atoms with E-state index < -0.39 is 0 Å². The van der Waals surface area contributed by atoms with Gasteiger partial charge in [-0.25, -0.2) is 4.39 Å². The van der Waals surface area contributed by atoms with E-state index in [1.165, 1.54) is 18.9 Å². The Morgan fingerprint density at radius 3 is 2.79 bits per heavy atom. The topological polar surface area (TPSA) is 118 Å². The summed E-state index contributed by atoms with van der Waals surface area (Å²) in [7, 11) is 0. The number of ether oxygens (including phenoxy) is 1. The molecule has 0 aromatic heterocycles. The van der Waals surface area contributed by atoms with E-state index in [1.807, 2.05) is 12.1 Å². The summed E-state index contributed by atoms with van der Waals surface area (Å²) < 4.78 is 19.9. The zero-order chi connectivity index (χ0) is 23.3. The van der Waals surface area contributed by atoms with Gasteiger partial charge in [0.2, 0.25) is 11.8 Å². The molecule has 1 aromatic rings. The first kappa shape index (κ1) is 23.5. The molecule has 1 saturated heterocycles. The summed E-state index contributed by atoms with van der Waals surface area (Å²) in [5.41, 5.74) is 4.65. The average Bonchev–Trinajstić information content (AvgIpc) is 3.71. The van der Waals surface area contributed by atoms with Gasteiger partial charge in [-0.3, -0.25) is 20.7 Å². The number of imide groups is 1. The fourth-order valence-corrected chi connectivity index (χ4v) is 4.19. The third-order valence-electron chi connectivity index (χ3n) is 6.73. The van der Waals surface area contributed by atoms with Gasteiger partial charge in [-0.1, -0.05) is 6.07 Å². The predicted octanol–water partition coefficient (Wildman–Crippen LogP) is 1.72. The molecule has 2 aliphatic carbocycles. The van der Waals surface area contributed by atoms with Crippen molar-refractivity contribution in [1.82, 2.24) is 21.4 Å². The molecule has 1 aliphatic heterocycles. The Morgan fingerprint density at radius 1 is 1.27 bits per heavy atom. The Bertz CT molecular complexity index is 898. The molecule has 1 unspecified atom stereocenters. The summed E-state index contributed by atoms with van der Waals surface area (Å²) in [6.07, 6.45) is 8.61. The van der Waals surface area contributed by atoms with Crippen LogP contribution in [0.25, 0.3) is 0 Å². The quantitative estimate of drug-likeness (QED) is 0.132. The highest BCUT2D eigenvalue weighted by molar-refractivity contribution is 6.00. The molecule has 1 heterocycles. The lowest BCUT2D eigenvalue weighted by molar-refractivity contribution is -0.134. The molecule has 2 saturated carbocycles. The minimum Gasteiger partial charge on any atom is -0.490 e. The van der Waals surface area contributed by atoms with Crippen molar-refractivity contribution in [2.75, 3.05) is 19.7 Å². The largest absolute Gasteiger partial charge is 0.490 e. The van der Waals surface area contributed by atoms with Gasteiger partial charge in [-0.2, -0.15) is 0 Å². The van der Waals surface area contributed by atoms with Crippen LogP contribution in [-0.2, 0) is 15.0 Å². The van der Waals surface area contributed by atoms with Crippen molar-refractivity contribution < 1.29 is 18.7 Å². The molecule has 1 atom stereocenters. The Balaban J connectivity index is 1.25. The summed E-state index contributed by atoms with van der Waals surface area (Å²) in [6, 6.07) is 4.92. The standard InChI is InChI=1S/C24H34FN5O3/c25-19-6-5-17(12-21(19)33-14-16-3-4-16)24(9-10-24)15-28-18(13-29-26)2-1-11-27-20-7-8-22(31)30-23(20)32/h5-6,12-13,16,20,27-29H,1-4,7-11,14-15,26H2,(H,30,31,32)/b18-13-. The highest BCUT2D eigenvalue weighted by atomic mass is 19.1. The van der Waals surface area contributed by atoms with E-state index >= 15 is 0 Å². The molecule has 1 aromatic carbocycles. The third-order valence-corrected chi connectivity index (χ3v) is 6.73. The monoisotopic (exact) mass is 459 g/mol. The highest BCUT2D eigenvalue weighted by Crippen LogP contribution is 2.48. The number of hydrogen-bond donors (Lipinski definition) is 5. The third kappa shape index (κ3) is 6.45. The number of piperidine rings is 1. The fraction of sp³-hybridized carbons (Fsp3) is 0.583. The normalized spacial score (nSPS) is 22.0. The SMILES string of the molecule is NN/C=C(/CCCNC1CCC(=O)NC1=O)NCC1(c2ccc(F)c(OCC3CC3)c2)CC1. The number of hydrazine groups is 1. The number of hydrogen-bond acceptors (Lipinski definition) is 7. The van der Waals surface area contributed by atoms with Gasteiger partial charge >= 0.3 is 0 Å². The summed E-state index contributed by atoms with van der Waals surface area (Å²) in [4.78, 5) is 23.1. The van der Waals surface area contributed by atoms with Crippen LogP contribution in [0.3, 0.4) is 0 Å². The van der Waals surface area contributed by atoms with Crippen LogP contribution < -0.4 is 32.0 Å². The van der Waals surface area contributed by atoms with E-state index in [-0.39, 0.29) is 29.1 Å². The van der Waals surface area contributed by atoms with Crippen molar-refractivity contribution in [3.63, 3.8) is 0 Å². The number of benzene rings is 1. The molecule has 8 nitrogen and oxygen atoms in total. The Morgan fingerprint density at radius 2 is 2.09 bits per heavy atom. The number of halogens is 1. The summed E-state index contributed by atoms with van der Waals surface area (Å²) in [5, 5.41) is 9.08. The van der Waals surface area contributed by atoms with Crippen LogP contribution >= 0.6 is 0 Å². The van der Waals surface area contributed by atoms with Gasteiger partial charge in [0.15, 0.2) is 11.6 Å². The smallest absolute Gasteiger partial charge is 0.243 e. The van der Waals surface area contributed by atoms with Crippen LogP contribution in [0.5, 0.6) is 5.75 Å². The van der Waals surface area contributed by atoms with Crippen LogP contribution in [0.2, 0.25) is 0 Å². The fourth-order valence-electron chi connectivity index (χ4n) is 4.19. The van der Waals surface area contributed by atoms with Crippen LogP contribution in [0, 0.1) is 11.7 Å². The lowest BCUT2D eigenvalue weighted by Crippen LogP contribution is -2.50. The van der Waals surface area contributed by atoms with Gasteiger partial charge in [0.25, 0.3) is 0 Å². The van der Waals surface area contributed by atoms with Crippen molar-refractivity contribution in [3.8, 4) is 5.75 Å². The molecule has 3 aliphatic rings. The van der Waals surface area contributed by atoms with Crippen molar-refractivity contribution in [2.45, 2.75) is 62.8 Å². The summed E-state index contributed by atoms with van der Waals surface area (Å²) in [6.45, 7) is 1.98. The number of carbonyl (C=O) groups excluding carboxylic acids is 2. The first-order chi connectivity index (χ1) is 16.0. The molecule has 6 N–H and O–H groups in total. The molecule has 2 amide bonds. The van der Waals surface area contributed by atoms with E-state index in [2.05, 4.69) is 21.4 Å². The number of nitrogens with one attached hydrogen (secondary N) is 4.